The standard InChI is InChI=1S/C26H43N3O3S/c1-7-8-16-28(22-18-25(3,4)27-26(5,6)19-22)24(30)21-12-14-23(15-13-21)33(31,32)29-17-10-9-11-20(29)2/h12-15,20,22,27H,7-11,16-19H2,1-6H3. The van der Waals surface area contributed by atoms with Crippen LogP contribution in [0.1, 0.15) is 96.8 Å². The molecule has 2 aliphatic rings. The summed E-state index contributed by atoms with van der Waals surface area (Å²) in [5.74, 6) is -0.00256. The quantitative estimate of drug-likeness (QED) is 0.612. The zero-order valence-electron chi connectivity index (χ0n) is 21.4. The van der Waals surface area contributed by atoms with Gasteiger partial charge in [-0.3, -0.25) is 4.79 Å². The molecule has 0 radical (unpaired) electrons. The molecule has 33 heavy (non-hydrogen) atoms. The van der Waals surface area contributed by atoms with Crippen molar-refractivity contribution >= 4 is 15.9 Å². The Hall–Kier alpha value is -1.44. The van der Waals surface area contributed by atoms with Crippen molar-refractivity contribution in [1.82, 2.24) is 14.5 Å². The first-order valence-corrected chi connectivity index (χ1v) is 14.0. The fraction of sp³-hybridized carbons (Fsp3) is 0.731. The van der Waals surface area contributed by atoms with E-state index in [0.717, 1.165) is 51.5 Å². The maximum absolute atomic E-state index is 13.6. The van der Waals surface area contributed by atoms with Crippen molar-refractivity contribution in [1.29, 1.82) is 0 Å². The number of sulfonamides is 1. The number of carbonyl (C=O) groups excluding carboxylic acids is 1. The number of piperidine rings is 2. The van der Waals surface area contributed by atoms with E-state index in [0.29, 0.717) is 12.1 Å². The molecule has 1 N–H and O–H groups in total. The second-order valence-electron chi connectivity index (χ2n) is 11.3. The molecule has 3 rings (SSSR count). The van der Waals surface area contributed by atoms with Gasteiger partial charge < -0.3 is 10.2 Å². The van der Waals surface area contributed by atoms with Gasteiger partial charge in [-0.2, -0.15) is 4.31 Å². The van der Waals surface area contributed by atoms with Gasteiger partial charge in [-0.05, 0) is 91.0 Å². The third-order valence-corrected chi connectivity index (χ3v) is 9.10. The third-order valence-electron chi connectivity index (χ3n) is 7.07. The van der Waals surface area contributed by atoms with Crippen LogP contribution in [0.15, 0.2) is 29.2 Å². The Morgan fingerprint density at radius 2 is 1.70 bits per heavy atom. The van der Waals surface area contributed by atoms with Gasteiger partial charge in [-0.1, -0.05) is 19.8 Å². The highest BCUT2D eigenvalue weighted by Crippen LogP contribution is 2.33. The Balaban J connectivity index is 1.83. The first-order valence-electron chi connectivity index (χ1n) is 12.6. The van der Waals surface area contributed by atoms with Crippen molar-refractivity contribution in [3.63, 3.8) is 0 Å². The fourth-order valence-corrected chi connectivity index (χ4v) is 7.47. The van der Waals surface area contributed by atoms with Crippen molar-refractivity contribution in [2.24, 2.45) is 0 Å². The summed E-state index contributed by atoms with van der Waals surface area (Å²) in [7, 11) is -3.54. The van der Waals surface area contributed by atoms with Gasteiger partial charge in [0.05, 0.1) is 4.90 Å². The van der Waals surface area contributed by atoms with Crippen LogP contribution in [0.4, 0.5) is 0 Å². The lowest BCUT2D eigenvalue weighted by atomic mass is 9.78. The van der Waals surface area contributed by atoms with Gasteiger partial charge in [-0.25, -0.2) is 8.42 Å². The number of carbonyl (C=O) groups is 1. The SMILES string of the molecule is CCCCN(C(=O)c1ccc(S(=O)(=O)N2CCCCC2C)cc1)C1CC(C)(C)NC(C)(C)C1. The number of amides is 1. The number of nitrogens with zero attached hydrogens (tertiary/aromatic N) is 2. The van der Waals surface area contributed by atoms with E-state index in [1.54, 1.807) is 28.6 Å². The van der Waals surface area contributed by atoms with Gasteiger partial charge in [0, 0.05) is 41.8 Å². The molecule has 2 heterocycles. The highest BCUT2D eigenvalue weighted by molar-refractivity contribution is 7.89. The molecule has 1 aromatic carbocycles. The molecular weight excluding hydrogens is 434 g/mol. The van der Waals surface area contributed by atoms with Crippen LogP contribution in [-0.2, 0) is 10.0 Å². The molecule has 1 atom stereocenters. The predicted molar refractivity (Wildman–Crippen MR) is 134 cm³/mol. The molecule has 0 bridgehead atoms. The van der Waals surface area contributed by atoms with Gasteiger partial charge in [-0.15, -0.1) is 0 Å². The summed E-state index contributed by atoms with van der Waals surface area (Å²) in [5, 5.41) is 3.70. The third kappa shape index (κ3) is 6.17. The summed E-state index contributed by atoms with van der Waals surface area (Å²) in [5.41, 5.74) is 0.450. The minimum absolute atomic E-state index is 0.00256. The van der Waals surface area contributed by atoms with Crippen molar-refractivity contribution in [2.75, 3.05) is 13.1 Å². The molecule has 1 aromatic rings. The summed E-state index contributed by atoms with van der Waals surface area (Å²) in [6.45, 7) is 14.2. The van der Waals surface area contributed by atoms with Crippen molar-refractivity contribution in [3.8, 4) is 0 Å². The largest absolute Gasteiger partial charge is 0.336 e. The topological polar surface area (TPSA) is 69.7 Å². The van der Waals surface area contributed by atoms with Crippen LogP contribution in [0.3, 0.4) is 0 Å². The zero-order valence-corrected chi connectivity index (χ0v) is 22.2. The smallest absolute Gasteiger partial charge is 0.254 e. The Labute approximate surface area is 201 Å². The van der Waals surface area contributed by atoms with E-state index in [-0.39, 0.29) is 34.0 Å². The predicted octanol–water partition coefficient (Wildman–Crippen LogP) is 4.80. The lowest BCUT2D eigenvalue weighted by molar-refractivity contribution is 0.0441. The van der Waals surface area contributed by atoms with Gasteiger partial charge >= 0.3 is 0 Å². The maximum Gasteiger partial charge on any atom is 0.254 e. The van der Waals surface area contributed by atoms with Crippen LogP contribution in [-0.4, -0.2) is 59.8 Å². The molecule has 0 aliphatic carbocycles. The van der Waals surface area contributed by atoms with Gasteiger partial charge in [0.25, 0.3) is 5.91 Å². The number of benzene rings is 1. The molecule has 6 nitrogen and oxygen atoms in total. The average molecular weight is 478 g/mol. The zero-order chi connectivity index (χ0) is 24.4. The second kappa shape index (κ2) is 10.0. The average Bonchev–Trinajstić information content (AvgIpc) is 2.72. The molecule has 0 saturated carbocycles. The number of nitrogens with one attached hydrogen (secondary N) is 1. The van der Waals surface area contributed by atoms with Crippen molar-refractivity contribution < 1.29 is 13.2 Å². The number of hydrogen-bond acceptors (Lipinski definition) is 4. The van der Waals surface area contributed by atoms with E-state index >= 15 is 0 Å². The number of hydrogen-bond donors (Lipinski definition) is 1. The van der Waals surface area contributed by atoms with Crippen LogP contribution in [0.25, 0.3) is 0 Å². The van der Waals surface area contributed by atoms with E-state index in [1.807, 2.05) is 11.8 Å². The van der Waals surface area contributed by atoms with Crippen molar-refractivity contribution in [3.05, 3.63) is 29.8 Å². The molecular formula is C26H43N3O3S. The molecule has 186 valence electrons. The van der Waals surface area contributed by atoms with Gasteiger partial charge in [0.2, 0.25) is 10.0 Å². The highest BCUT2D eigenvalue weighted by Gasteiger charge is 2.41. The summed E-state index contributed by atoms with van der Waals surface area (Å²) < 4.78 is 27.9. The minimum Gasteiger partial charge on any atom is -0.336 e. The molecule has 2 saturated heterocycles. The molecule has 1 amide bonds. The van der Waals surface area contributed by atoms with E-state index in [1.165, 1.54) is 0 Å². The molecule has 1 unspecified atom stereocenters. The van der Waals surface area contributed by atoms with Crippen LogP contribution in [0.2, 0.25) is 0 Å². The lowest BCUT2D eigenvalue weighted by Gasteiger charge is -2.49. The lowest BCUT2D eigenvalue weighted by Crippen LogP contribution is -2.62. The van der Waals surface area contributed by atoms with E-state index in [2.05, 4.69) is 39.9 Å². The molecule has 7 heteroatoms. The molecule has 2 aliphatic heterocycles. The van der Waals surface area contributed by atoms with Crippen LogP contribution >= 0.6 is 0 Å². The summed E-state index contributed by atoms with van der Waals surface area (Å²) >= 11 is 0. The molecule has 2 fully saturated rings. The highest BCUT2D eigenvalue weighted by atomic mass is 32.2. The monoisotopic (exact) mass is 477 g/mol. The van der Waals surface area contributed by atoms with E-state index in [4.69, 9.17) is 0 Å². The van der Waals surface area contributed by atoms with Gasteiger partial charge in [0.1, 0.15) is 0 Å². The summed E-state index contributed by atoms with van der Waals surface area (Å²) in [6, 6.07) is 6.77. The van der Waals surface area contributed by atoms with Crippen LogP contribution < -0.4 is 5.32 Å². The Morgan fingerprint density at radius 3 is 2.24 bits per heavy atom. The van der Waals surface area contributed by atoms with Crippen LogP contribution in [0.5, 0.6) is 0 Å². The molecule has 0 spiro atoms. The second-order valence-corrected chi connectivity index (χ2v) is 13.2. The van der Waals surface area contributed by atoms with E-state index in [9.17, 15) is 13.2 Å². The van der Waals surface area contributed by atoms with Gasteiger partial charge in [0.15, 0.2) is 0 Å². The summed E-state index contributed by atoms with van der Waals surface area (Å²) in [4.78, 5) is 15.9. The Kier molecular flexibility index (Phi) is 7.97. The maximum atomic E-state index is 13.6. The number of rotatable bonds is 7. The number of unbranched alkanes of at least 4 members (excludes halogenated alkanes) is 1. The minimum atomic E-state index is -3.54. The first kappa shape index (κ1) is 26.2. The van der Waals surface area contributed by atoms with E-state index < -0.39 is 10.0 Å². The normalized spacial score (nSPS) is 23.9. The first-order chi connectivity index (χ1) is 15.4. The Morgan fingerprint density at radius 1 is 1.09 bits per heavy atom. The Bertz CT molecular complexity index is 909. The van der Waals surface area contributed by atoms with Crippen LogP contribution in [0, 0.1) is 0 Å². The van der Waals surface area contributed by atoms with Crippen molar-refractivity contribution in [2.45, 2.75) is 115 Å². The molecule has 0 aromatic heterocycles. The summed E-state index contributed by atoms with van der Waals surface area (Å²) in [6.07, 6.45) is 6.62. The fourth-order valence-electron chi connectivity index (χ4n) is 5.77.